The highest BCUT2D eigenvalue weighted by atomic mass is 79.9. The number of ether oxygens (including phenoxy) is 1. The summed E-state index contributed by atoms with van der Waals surface area (Å²) in [7, 11) is 0. The van der Waals surface area contributed by atoms with E-state index in [2.05, 4.69) is 21.2 Å². The van der Waals surface area contributed by atoms with Gasteiger partial charge in [-0.2, -0.15) is 0 Å². The molecule has 0 aromatic heterocycles. The highest BCUT2D eigenvalue weighted by Gasteiger charge is 2.43. The predicted octanol–water partition coefficient (Wildman–Crippen LogP) is 2.31. The van der Waals surface area contributed by atoms with Gasteiger partial charge in [-0.05, 0) is 47.1 Å². The van der Waals surface area contributed by atoms with Crippen LogP contribution in [-0.4, -0.2) is 23.8 Å². The molecule has 0 saturated carbocycles. The maximum Gasteiger partial charge on any atom is 0.140 e. The maximum absolute atomic E-state index is 10.3. The molecule has 0 bridgehead atoms. The van der Waals surface area contributed by atoms with Gasteiger partial charge in [-0.3, -0.25) is 0 Å². The van der Waals surface area contributed by atoms with Crippen molar-refractivity contribution < 1.29 is 9.84 Å². The summed E-state index contributed by atoms with van der Waals surface area (Å²) in [6.07, 6.45) is 1.22. The van der Waals surface area contributed by atoms with Gasteiger partial charge in [0.1, 0.15) is 11.4 Å². The largest absolute Gasteiger partial charge is 0.484 e. The number of fused-ring (bicyclic) bond motifs is 1. The molecule has 0 aliphatic carbocycles. The van der Waals surface area contributed by atoms with Crippen molar-refractivity contribution in [2.75, 3.05) is 13.1 Å². The van der Waals surface area contributed by atoms with Gasteiger partial charge in [0.2, 0.25) is 0 Å². The molecule has 1 aromatic carbocycles. The summed E-state index contributed by atoms with van der Waals surface area (Å²) in [5.74, 6) is 0.818. The van der Waals surface area contributed by atoms with Crippen LogP contribution in [0, 0.1) is 6.92 Å². The summed E-state index contributed by atoms with van der Waals surface area (Å²) in [5.41, 5.74) is 1.83. The molecule has 0 radical (unpaired) electrons. The monoisotopic (exact) mass is 297 g/mol. The van der Waals surface area contributed by atoms with Crippen molar-refractivity contribution in [1.29, 1.82) is 0 Å². The lowest BCUT2D eigenvalue weighted by molar-refractivity contribution is -0.00103. The number of nitrogens with one attached hydrogen (secondary N) is 1. The molecular formula is C13H16BrNO2. The zero-order valence-electron chi connectivity index (χ0n) is 9.79. The number of aryl methyl sites for hydroxylation is 1. The summed E-state index contributed by atoms with van der Waals surface area (Å²) in [4.78, 5) is 0. The van der Waals surface area contributed by atoms with E-state index in [1.54, 1.807) is 0 Å². The third-order valence-electron chi connectivity index (χ3n) is 3.66. The Hall–Kier alpha value is -0.580. The number of rotatable bonds is 0. The summed E-state index contributed by atoms with van der Waals surface area (Å²) in [6.45, 7) is 3.81. The second-order valence-electron chi connectivity index (χ2n) is 5.10. The van der Waals surface area contributed by atoms with Gasteiger partial charge in [0.25, 0.3) is 0 Å². The van der Waals surface area contributed by atoms with Crippen molar-refractivity contribution in [1.82, 2.24) is 5.32 Å². The van der Waals surface area contributed by atoms with Crippen molar-refractivity contribution >= 4 is 15.9 Å². The van der Waals surface area contributed by atoms with Gasteiger partial charge >= 0.3 is 0 Å². The third kappa shape index (κ3) is 1.88. The average molecular weight is 298 g/mol. The second-order valence-corrected chi connectivity index (χ2v) is 5.95. The molecule has 1 spiro atoms. The fourth-order valence-electron chi connectivity index (χ4n) is 2.81. The SMILES string of the molecule is Cc1cc(Br)c2c(c1)C(O)CC1(CCNC1)O2. The molecule has 92 valence electrons. The highest BCUT2D eigenvalue weighted by Crippen LogP contribution is 2.45. The van der Waals surface area contributed by atoms with E-state index < -0.39 is 6.10 Å². The van der Waals surface area contributed by atoms with Crippen LogP contribution in [0.1, 0.15) is 30.1 Å². The van der Waals surface area contributed by atoms with Crippen LogP contribution in [0.4, 0.5) is 0 Å². The third-order valence-corrected chi connectivity index (χ3v) is 4.25. The van der Waals surface area contributed by atoms with Gasteiger partial charge in [0.15, 0.2) is 0 Å². The number of halogens is 1. The number of hydrogen-bond acceptors (Lipinski definition) is 3. The van der Waals surface area contributed by atoms with Crippen molar-refractivity contribution in [3.63, 3.8) is 0 Å². The lowest BCUT2D eigenvalue weighted by Crippen LogP contribution is -2.43. The minimum atomic E-state index is -0.421. The number of aliphatic hydroxyl groups is 1. The smallest absolute Gasteiger partial charge is 0.140 e. The van der Waals surface area contributed by atoms with Crippen molar-refractivity contribution in [3.05, 3.63) is 27.7 Å². The maximum atomic E-state index is 10.3. The zero-order chi connectivity index (χ0) is 12.0. The zero-order valence-corrected chi connectivity index (χ0v) is 11.4. The van der Waals surface area contributed by atoms with E-state index in [-0.39, 0.29) is 5.60 Å². The van der Waals surface area contributed by atoms with E-state index in [1.165, 1.54) is 0 Å². The predicted molar refractivity (Wildman–Crippen MR) is 69.3 cm³/mol. The van der Waals surface area contributed by atoms with Crippen molar-refractivity contribution in [2.24, 2.45) is 0 Å². The van der Waals surface area contributed by atoms with Crippen LogP contribution in [-0.2, 0) is 0 Å². The molecule has 1 fully saturated rings. The normalized spacial score (nSPS) is 31.4. The molecule has 3 nitrogen and oxygen atoms in total. The summed E-state index contributed by atoms with van der Waals surface area (Å²) in [5, 5.41) is 13.6. The Labute approximate surface area is 109 Å². The van der Waals surface area contributed by atoms with E-state index in [1.807, 2.05) is 19.1 Å². The van der Waals surface area contributed by atoms with Gasteiger partial charge < -0.3 is 15.2 Å². The Bertz CT molecular complexity index is 455. The number of hydrogen-bond donors (Lipinski definition) is 2. The summed E-state index contributed by atoms with van der Waals surface area (Å²) in [6, 6.07) is 4.05. The van der Waals surface area contributed by atoms with Crippen LogP contribution >= 0.6 is 15.9 Å². The molecule has 2 N–H and O–H groups in total. The lowest BCUT2D eigenvalue weighted by atomic mass is 9.87. The van der Waals surface area contributed by atoms with Gasteiger partial charge in [-0.15, -0.1) is 0 Å². The minimum absolute atomic E-state index is 0.218. The molecule has 1 aromatic rings. The van der Waals surface area contributed by atoms with Gasteiger partial charge in [-0.25, -0.2) is 0 Å². The van der Waals surface area contributed by atoms with Crippen molar-refractivity contribution in [2.45, 2.75) is 31.5 Å². The Balaban J connectivity index is 2.06. The van der Waals surface area contributed by atoms with Gasteiger partial charge in [0.05, 0.1) is 10.6 Å². The molecule has 3 rings (SSSR count). The standard InChI is InChI=1S/C13H16BrNO2/c1-8-4-9-11(16)6-13(2-3-15-7-13)17-12(9)10(14)5-8/h4-5,11,15-16H,2-3,6-7H2,1H3. The number of benzene rings is 1. The Kier molecular flexibility index (Phi) is 2.69. The molecular weight excluding hydrogens is 282 g/mol. The van der Waals surface area contributed by atoms with E-state index >= 15 is 0 Å². The van der Waals surface area contributed by atoms with Crippen LogP contribution in [0.25, 0.3) is 0 Å². The Morgan fingerprint density at radius 2 is 2.35 bits per heavy atom. The number of aliphatic hydroxyl groups excluding tert-OH is 1. The van der Waals surface area contributed by atoms with E-state index in [4.69, 9.17) is 4.74 Å². The molecule has 2 aliphatic rings. The average Bonchev–Trinajstić information content (AvgIpc) is 2.69. The molecule has 2 aliphatic heterocycles. The first-order valence-electron chi connectivity index (χ1n) is 5.97. The van der Waals surface area contributed by atoms with E-state index in [9.17, 15) is 5.11 Å². The Morgan fingerprint density at radius 1 is 1.53 bits per heavy atom. The topological polar surface area (TPSA) is 41.5 Å². The first-order chi connectivity index (χ1) is 8.10. The van der Waals surface area contributed by atoms with Crippen LogP contribution in [0.5, 0.6) is 5.75 Å². The van der Waals surface area contributed by atoms with E-state index in [0.29, 0.717) is 6.42 Å². The van der Waals surface area contributed by atoms with Gasteiger partial charge in [-0.1, -0.05) is 0 Å². The molecule has 0 amide bonds. The quantitative estimate of drug-likeness (QED) is 0.772. The molecule has 2 atom stereocenters. The fraction of sp³-hybridized carbons (Fsp3) is 0.538. The second kappa shape index (κ2) is 3.97. The van der Waals surface area contributed by atoms with Crippen LogP contribution in [0.3, 0.4) is 0 Å². The van der Waals surface area contributed by atoms with Gasteiger partial charge in [0, 0.05) is 24.9 Å². The Morgan fingerprint density at radius 3 is 3.06 bits per heavy atom. The van der Waals surface area contributed by atoms with E-state index in [0.717, 1.165) is 40.9 Å². The van der Waals surface area contributed by atoms with Crippen molar-refractivity contribution in [3.8, 4) is 5.75 Å². The first kappa shape index (κ1) is 11.5. The van der Waals surface area contributed by atoms with Crippen LogP contribution < -0.4 is 10.1 Å². The highest BCUT2D eigenvalue weighted by molar-refractivity contribution is 9.10. The summed E-state index contributed by atoms with van der Waals surface area (Å²) < 4.78 is 7.11. The minimum Gasteiger partial charge on any atom is -0.484 e. The first-order valence-corrected chi connectivity index (χ1v) is 6.77. The van der Waals surface area contributed by atoms with Crippen LogP contribution in [0.2, 0.25) is 0 Å². The molecule has 2 unspecified atom stereocenters. The molecule has 4 heteroatoms. The summed E-state index contributed by atoms with van der Waals surface area (Å²) >= 11 is 3.53. The molecule has 2 heterocycles. The molecule has 1 saturated heterocycles. The fourth-order valence-corrected chi connectivity index (χ4v) is 3.48. The lowest BCUT2D eigenvalue weighted by Gasteiger charge is -2.38. The van der Waals surface area contributed by atoms with Crippen LogP contribution in [0.15, 0.2) is 16.6 Å². The molecule has 17 heavy (non-hydrogen) atoms.